The van der Waals surface area contributed by atoms with Crippen LogP contribution < -0.4 is 10.2 Å². The van der Waals surface area contributed by atoms with Gasteiger partial charge in [0.1, 0.15) is 0 Å². The lowest BCUT2D eigenvalue weighted by molar-refractivity contribution is -0.135. The number of para-hydroxylation sites is 1. The van der Waals surface area contributed by atoms with Crippen molar-refractivity contribution in [1.82, 2.24) is 10.2 Å². The number of likely N-dealkylation sites (tertiary alicyclic amines) is 1. The smallest absolute Gasteiger partial charge is 0.230 e. The average molecular weight is 446 g/mol. The van der Waals surface area contributed by atoms with Gasteiger partial charge < -0.3 is 10.2 Å². The largest absolute Gasteiger partial charge is 0.353 e. The van der Waals surface area contributed by atoms with E-state index in [1.807, 2.05) is 23.1 Å². The van der Waals surface area contributed by atoms with Gasteiger partial charge in [-0.15, -0.1) is 0 Å². The number of carbonyl (C=O) groups excluding carboxylic acids is 2. The molecule has 2 aromatic rings. The highest BCUT2D eigenvalue weighted by Gasteiger charge is 2.40. The molecule has 3 aliphatic rings. The Morgan fingerprint density at radius 1 is 0.818 bits per heavy atom. The minimum absolute atomic E-state index is 0.0991. The first-order chi connectivity index (χ1) is 16.2. The Hall–Kier alpha value is -2.66. The van der Waals surface area contributed by atoms with E-state index in [-0.39, 0.29) is 29.7 Å². The van der Waals surface area contributed by atoms with Crippen LogP contribution >= 0.6 is 0 Å². The second-order valence-corrected chi connectivity index (χ2v) is 9.91. The SMILES string of the molecule is O=C(NC1CCN(Cc2ccccc2)CC1)[C@H]1CCCC[C@H]1C(=O)N1CCc2ccccc21. The van der Waals surface area contributed by atoms with E-state index in [9.17, 15) is 9.59 Å². The van der Waals surface area contributed by atoms with Crippen LogP contribution in [-0.4, -0.2) is 42.4 Å². The van der Waals surface area contributed by atoms with E-state index in [4.69, 9.17) is 0 Å². The zero-order valence-corrected chi connectivity index (χ0v) is 19.4. The maximum atomic E-state index is 13.5. The zero-order valence-electron chi connectivity index (χ0n) is 19.4. The lowest BCUT2D eigenvalue weighted by Crippen LogP contribution is -2.50. The Morgan fingerprint density at radius 2 is 1.52 bits per heavy atom. The molecule has 2 heterocycles. The van der Waals surface area contributed by atoms with Crippen LogP contribution in [0.2, 0.25) is 0 Å². The van der Waals surface area contributed by atoms with Gasteiger partial charge in [-0.1, -0.05) is 61.4 Å². The first-order valence-corrected chi connectivity index (χ1v) is 12.6. The number of anilines is 1. The topological polar surface area (TPSA) is 52.7 Å². The van der Waals surface area contributed by atoms with Crippen molar-refractivity contribution in [1.29, 1.82) is 0 Å². The molecule has 1 aliphatic carbocycles. The Labute approximate surface area is 197 Å². The molecule has 1 saturated heterocycles. The Kier molecular flexibility index (Phi) is 6.77. The molecule has 2 aliphatic heterocycles. The molecule has 174 valence electrons. The van der Waals surface area contributed by atoms with Crippen molar-refractivity contribution >= 4 is 17.5 Å². The van der Waals surface area contributed by atoms with Crippen molar-refractivity contribution in [2.24, 2.45) is 11.8 Å². The molecule has 2 fully saturated rings. The summed E-state index contributed by atoms with van der Waals surface area (Å²) in [6.45, 7) is 3.70. The molecule has 33 heavy (non-hydrogen) atoms. The van der Waals surface area contributed by atoms with Gasteiger partial charge in [0.05, 0.1) is 5.92 Å². The number of fused-ring (bicyclic) bond motifs is 1. The maximum Gasteiger partial charge on any atom is 0.230 e. The number of nitrogens with zero attached hydrogens (tertiary/aromatic N) is 2. The monoisotopic (exact) mass is 445 g/mol. The van der Waals surface area contributed by atoms with Crippen LogP contribution in [0.5, 0.6) is 0 Å². The predicted octanol–water partition coefficient (Wildman–Crippen LogP) is 4.16. The average Bonchev–Trinajstić information content (AvgIpc) is 3.30. The number of carbonyl (C=O) groups is 2. The summed E-state index contributed by atoms with van der Waals surface area (Å²) in [7, 11) is 0. The molecule has 2 amide bonds. The van der Waals surface area contributed by atoms with Crippen LogP contribution in [0.15, 0.2) is 54.6 Å². The molecule has 0 bridgehead atoms. The quantitative estimate of drug-likeness (QED) is 0.752. The van der Waals surface area contributed by atoms with Gasteiger partial charge in [0.15, 0.2) is 0 Å². The van der Waals surface area contributed by atoms with Gasteiger partial charge in [-0.05, 0) is 49.3 Å². The summed E-state index contributed by atoms with van der Waals surface area (Å²) in [5.41, 5.74) is 3.62. The van der Waals surface area contributed by atoms with Gasteiger partial charge in [-0.3, -0.25) is 14.5 Å². The van der Waals surface area contributed by atoms with E-state index < -0.39 is 0 Å². The third-order valence-electron chi connectivity index (χ3n) is 7.76. The van der Waals surface area contributed by atoms with Crippen LogP contribution in [0.1, 0.15) is 49.7 Å². The van der Waals surface area contributed by atoms with Crippen molar-refractivity contribution in [3.63, 3.8) is 0 Å². The number of rotatable bonds is 5. The molecule has 0 aromatic heterocycles. The van der Waals surface area contributed by atoms with Gasteiger partial charge in [-0.2, -0.15) is 0 Å². The third kappa shape index (κ3) is 4.98. The number of hydrogen-bond donors (Lipinski definition) is 1. The molecule has 2 aromatic carbocycles. The van der Waals surface area contributed by atoms with E-state index in [2.05, 4.69) is 46.6 Å². The lowest BCUT2D eigenvalue weighted by Gasteiger charge is -2.36. The second-order valence-electron chi connectivity index (χ2n) is 9.91. The normalized spacial score (nSPS) is 23.8. The van der Waals surface area contributed by atoms with Gasteiger partial charge in [0.2, 0.25) is 11.8 Å². The first kappa shape index (κ1) is 22.1. The van der Waals surface area contributed by atoms with Crippen molar-refractivity contribution in [3.05, 3.63) is 65.7 Å². The lowest BCUT2D eigenvalue weighted by atomic mass is 9.77. The van der Waals surface area contributed by atoms with Crippen LogP contribution in [0.3, 0.4) is 0 Å². The van der Waals surface area contributed by atoms with Crippen molar-refractivity contribution < 1.29 is 9.59 Å². The van der Waals surface area contributed by atoms with Gasteiger partial charge in [0.25, 0.3) is 0 Å². The molecule has 5 nitrogen and oxygen atoms in total. The Morgan fingerprint density at radius 3 is 2.30 bits per heavy atom. The molecule has 5 rings (SSSR count). The maximum absolute atomic E-state index is 13.5. The minimum atomic E-state index is -0.193. The number of piperidine rings is 1. The molecule has 0 unspecified atom stereocenters. The second kappa shape index (κ2) is 10.1. The molecule has 0 radical (unpaired) electrons. The summed E-state index contributed by atoms with van der Waals surface area (Å²) in [5, 5.41) is 3.33. The Bertz CT molecular complexity index is 968. The molecule has 2 atom stereocenters. The standard InChI is InChI=1S/C28H35N3O2/c32-27(29-23-15-17-30(18-16-23)20-21-8-2-1-3-9-21)24-11-5-6-12-25(24)28(33)31-19-14-22-10-4-7-13-26(22)31/h1-4,7-10,13,23-25H,5-6,11-12,14-20H2,(H,29,32)/t24-,25+/m0/s1. The van der Waals surface area contributed by atoms with E-state index in [0.29, 0.717) is 0 Å². The predicted molar refractivity (Wildman–Crippen MR) is 131 cm³/mol. The summed E-state index contributed by atoms with van der Waals surface area (Å²) < 4.78 is 0. The van der Waals surface area contributed by atoms with Crippen LogP contribution in [0, 0.1) is 11.8 Å². The molecule has 0 spiro atoms. The zero-order chi connectivity index (χ0) is 22.6. The summed E-state index contributed by atoms with van der Waals surface area (Å²) in [5.74, 6) is -0.135. The number of nitrogens with one attached hydrogen (secondary N) is 1. The van der Waals surface area contributed by atoms with Crippen molar-refractivity contribution in [3.8, 4) is 0 Å². The molecule has 5 heteroatoms. The van der Waals surface area contributed by atoms with Gasteiger partial charge >= 0.3 is 0 Å². The molecular weight excluding hydrogens is 410 g/mol. The third-order valence-corrected chi connectivity index (χ3v) is 7.76. The van der Waals surface area contributed by atoms with Gasteiger partial charge in [0, 0.05) is 43.8 Å². The highest BCUT2D eigenvalue weighted by molar-refractivity contribution is 5.99. The van der Waals surface area contributed by atoms with Crippen LogP contribution in [0.25, 0.3) is 0 Å². The van der Waals surface area contributed by atoms with Gasteiger partial charge in [-0.25, -0.2) is 0 Å². The highest BCUT2D eigenvalue weighted by atomic mass is 16.2. The number of amides is 2. The fourth-order valence-corrected chi connectivity index (χ4v) is 5.89. The van der Waals surface area contributed by atoms with Crippen molar-refractivity contribution in [2.75, 3.05) is 24.5 Å². The number of benzene rings is 2. The first-order valence-electron chi connectivity index (χ1n) is 12.6. The molecule has 1 N–H and O–H groups in total. The van der Waals surface area contributed by atoms with Crippen LogP contribution in [-0.2, 0) is 22.6 Å². The number of hydrogen-bond acceptors (Lipinski definition) is 3. The van der Waals surface area contributed by atoms with Crippen LogP contribution in [0.4, 0.5) is 5.69 Å². The fraction of sp³-hybridized carbons (Fsp3) is 0.500. The Balaban J connectivity index is 1.17. The van der Waals surface area contributed by atoms with Crippen molar-refractivity contribution in [2.45, 2.75) is 57.5 Å². The fourth-order valence-electron chi connectivity index (χ4n) is 5.89. The van der Waals surface area contributed by atoms with E-state index in [0.717, 1.165) is 76.8 Å². The minimum Gasteiger partial charge on any atom is -0.353 e. The summed E-state index contributed by atoms with van der Waals surface area (Å²) in [6.07, 6.45) is 6.58. The summed E-state index contributed by atoms with van der Waals surface area (Å²) in [4.78, 5) is 31.3. The van der Waals surface area contributed by atoms with E-state index >= 15 is 0 Å². The molecule has 1 saturated carbocycles. The van der Waals surface area contributed by atoms with E-state index in [1.54, 1.807) is 0 Å². The highest BCUT2D eigenvalue weighted by Crippen LogP contribution is 2.36. The molecular formula is C28H35N3O2. The van der Waals surface area contributed by atoms with E-state index in [1.165, 1.54) is 11.1 Å². The summed E-state index contributed by atoms with van der Waals surface area (Å²) in [6, 6.07) is 19.0. The summed E-state index contributed by atoms with van der Waals surface area (Å²) >= 11 is 0.